The van der Waals surface area contributed by atoms with E-state index in [1.807, 2.05) is 67.3 Å². The topological polar surface area (TPSA) is 84.3 Å². The van der Waals surface area contributed by atoms with Crippen LogP contribution in [0.2, 0.25) is 0 Å². The minimum Gasteiger partial charge on any atom is -0.493 e. The van der Waals surface area contributed by atoms with E-state index in [9.17, 15) is 9.59 Å². The van der Waals surface area contributed by atoms with Crippen LogP contribution in [0.25, 0.3) is 10.9 Å². The standard InChI is InChI=1S/C28H30N4O4/c1-28(2)25(19-9-10-23(35-3)24(16-19)36-4)30-32(27(28)34)21-11-13-31(14-12-21)26(33)20-15-18-7-5-6-8-22(18)29-17-20/h5-10,15-17,21H,11-14H2,1-4H3. The number of carbonyl (C=O) groups excluding carboxylic acids is 2. The number of ether oxygens (including phenoxy) is 2. The molecule has 1 aromatic heterocycles. The molecule has 1 saturated heterocycles. The molecule has 0 saturated carbocycles. The van der Waals surface area contributed by atoms with Crippen molar-refractivity contribution in [1.82, 2.24) is 14.9 Å². The van der Waals surface area contributed by atoms with Gasteiger partial charge in [0.05, 0.1) is 42.5 Å². The number of aromatic nitrogens is 1. The van der Waals surface area contributed by atoms with E-state index in [0.29, 0.717) is 48.7 Å². The number of hydrogen-bond acceptors (Lipinski definition) is 6. The van der Waals surface area contributed by atoms with Gasteiger partial charge in [-0.25, -0.2) is 5.01 Å². The maximum atomic E-state index is 13.4. The van der Waals surface area contributed by atoms with Gasteiger partial charge in [0, 0.05) is 30.2 Å². The van der Waals surface area contributed by atoms with Crippen molar-refractivity contribution in [3.8, 4) is 11.5 Å². The van der Waals surface area contributed by atoms with Gasteiger partial charge in [0.15, 0.2) is 11.5 Å². The van der Waals surface area contributed by atoms with E-state index in [-0.39, 0.29) is 17.9 Å². The molecule has 2 aromatic carbocycles. The van der Waals surface area contributed by atoms with Crippen LogP contribution in [0.3, 0.4) is 0 Å². The third-order valence-electron chi connectivity index (χ3n) is 7.13. The summed E-state index contributed by atoms with van der Waals surface area (Å²) in [4.78, 5) is 32.8. The number of amides is 2. The maximum absolute atomic E-state index is 13.4. The lowest BCUT2D eigenvalue weighted by molar-refractivity contribution is -0.137. The number of pyridine rings is 1. The van der Waals surface area contributed by atoms with Crippen LogP contribution >= 0.6 is 0 Å². The Morgan fingerprint density at radius 2 is 1.72 bits per heavy atom. The quantitative estimate of drug-likeness (QED) is 0.542. The van der Waals surface area contributed by atoms with Gasteiger partial charge in [-0.2, -0.15) is 5.10 Å². The van der Waals surface area contributed by atoms with Crippen LogP contribution < -0.4 is 9.47 Å². The Morgan fingerprint density at radius 3 is 2.44 bits per heavy atom. The number of rotatable bonds is 5. The first-order chi connectivity index (χ1) is 17.3. The predicted molar refractivity (Wildman–Crippen MR) is 137 cm³/mol. The molecule has 186 valence electrons. The van der Waals surface area contributed by atoms with Crippen molar-refractivity contribution in [2.45, 2.75) is 32.7 Å². The molecule has 8 heteroatoms. The summed E-state index contributed by atoms with van der Waals surface area (Å²) in [6.45, 7) is 4.91. The Kier molecular flexibility index (Phi) is 6.12. The van der Waals surface area contributed by atoms with Crippen molar-refractivity contribution in [1.29, 1.82) is 0 Å². The number of piperidine rings is 1. The molecule has 0 aliphatic carbocycles. The fourth-order valence-corrected chi connectivity index (χ4v) is 5.00. The zero-order valence-corrected chi connectivity index (χ0v) is 21.0. The van der Waals surface area contributed by atoms with E-state index in [2.05, 4.69) is 4.98 Å². The molecule has 1 fully saturated rings. The number of benzene rings is 2. The average molecular weight is 487 g/mol. The predicted octanol–water partition coefficient (Wildman–Crippen LogP) is 4.13. The Bertz CT molecular complexity index is 1360. The van der Waals surface area contributed by atoms with Crippen LogP contribution in [0.15, 0.2) is 59.8 Å². The van der Waals surface area contributed by atoms with Gasteiger partial charge in [0.1, 0.15) is 0 Å². The van der Waals surface area contributed by atoms with Gasteiger partial charge in [0.2, 0.25) is 0 Å². The number of likely N-dealkylation sites (tertiary alicyclic amines) is 1. The van der Waals surface area contributed by atoms with Crippen molar-refractivity contribution in [3.05, 3.63) is 65.9 Å². The molecular weight excluding hydrogens is 456 g/mol. The summed E-state index contributed by atoms with van der Waals surface area (Å²) in [6.07, 6.45) is 2.97. The lowest BCUT2D eigenvalue weighted by Crippen LogP contribution is -2.47. The second-order valence-electron chi connectivity index (χ2n) is 9.73. The summed E-state index contributed by atoms with van der Waals surface area (Å²) < 4.78 is 10.8. The zero-order chi connectivity index (χ0) is 25.4. The molecule has 0 bridgehead atoms. The molecule has 3 aromatic rings. The van der Waals surface area contributed by atoms with E-state index in [0.717, 1.165) is 16.5 Å². The molecule has 0 spiro atoms. The highest BCUT2D eigenvalue weighted by Gasteiger charge is 2.47. The van der Waals surface area contributed by atoms with Crippen molar-refractivity contribution in [3.63, 3.8) is 0 Å². The van der Waals surface area contributed by atoms with Crippen molar-refractivity contribution < 1.29 is 19.1 Å². The molecule has 8 nitrogen and oxygen atoms in total. The first kappa shape index (κ1) is 23.8. The second-order valence-corrected chi connectivity index (χ2v) is 9.73. The zero-order valence-electron chi connectivity index (χ0n) is 21.0. The highest BCUT2D eigenvalue weighted by atomic mass is 16.5. The number of nitrogens with zero attached hydrogens (tertiary/aromatic N) is 4. The van der Waals surface area contributed by atoms with Crippen LogP contribution in [0.1, 0.15) is 42.6 Å². The van der Waals surface area contributed by atoms with E-state index < -0.39 is 5.41 Å². The summed E-state index contributed by atoms with van der Waals surface area (Å²) in [6, 6.07) is 15.2. The fourth-order valence-electron chi connectivity index (χ4n) is 5.00. The Balaban J connectivity index is 1.32. The summed E-state index contributed by atoms with van der Waals surface area (Å²) in [5.41, 5.74) is 2.20. The number of fused-ring (bicyclic) bond motifs is 1. The lowest BCUT2D eigenvalue weighted by atomic mass is 9.83. The SMILES string of the molecule is COc1ccc(C2=NN(C3CCN(C(=O)c4cnc5ccccc5c4)CC3)C(=O)C2(C)C)cc1OC. The van der Waals surface area contributed by atoms with Gasteiger partial charge in [-0.1, -0.05) is 18.2 Å². The number of carbonyl (C=O) groups is 2. The molecule has 2 aliphatic rings. The normalized spacial score (nSPS) is 17.9. The van der Waals surface area contributed by atoms with Crippen LogP contribution in [0.4, 0.5) is 0 Å². The Hall–Kier alpha value is -3.94. The largest absolute Gasteiger partial charge is 0.493 e. The molecule has 2 amide bonds. The van der Waals surface area contributed by atoms with Gasteiger partial charge in [0.25, 0.3) is 11.8 Å². The molecule has 3 heterocycles. The van der Waals surface area contributed by atoms with Crippen molar-refractivity contribution in [2.24, 2.45) is 10.5 Å². The molecule has 0 unspecified atom stereocenters. The summed E-state index contributed by atoms with van der Waals surface area (Å²) in [5.74, 6) is 1.15. The summed E-state index contributed by atoms with van der Waals surface area (Å²) in [5, 5.41) is 7.37. The Morgan fingerprint density at radius 1 is 1.00 bits per heavy atom. The smallest absolute Gasteiger partial charge is 0.255 e. The Labute approximate surface area is 210 Å². The number of para-hydroxylation sites is 1. The summed E-state index contributed by atoms with van der Waals surface area (Å²) >= 11 is 0. The van der Waals surface area contributed by atoms with Crippen LogP contribution in [-0.2, 0) is 4.79 Å². The lowest BCUT2D eigenvalue weighted by Gasteiger charge is -2.35. The number of methoxy groups -OCH3 is 2. The third-order valence-corrected chi connectivity index (χ3v) is 7.13. The van der Waals surface area contributed by atoms with Gasteiger partial charge in [-0.05, 0) is 57.0 Å². The first-order valence-electron chi connectivity index (χ1n) is 12.1. The molecule has 0 atom stereocenters. The highest BCUT2D eigenvalue weighted by Crippen LogP contribution is 2.37. The highest BCUT2D eigenvalue weighted by molar-refractivity contribution is 6.19. The number of hydrogen-bond donors (Lipinski definition) is 0. The molecular formula is C28H30N4O4. The van der Waals surface area contributed by atoms with Gasteiger partial charge in [-0.3, -0.25) is 14.6 Å². The minimum absolute atomic E-state index is 0.0317. The van der Waals surface area contributed by atoms with Crippen molar-refractivity contribution in [2.75, 3.05) is 27.3 Å². The molecule has 5 rings (SSSR count). The van der Waals surface area contributed by atoms with Crippen LogP contribution in [0, 0.1) is 5.41 Å². The van der Waals surface area contributed by atoms with Gasteiger partial charge in [-0.15, -0.1) is 0 Å². The van der Waals surface area contributed by atoms with E-state index >= 15 is 0 Å². The average Bonchev–Trinajstić information content (AvgIpc) is 3.16. The van der Waals surface area contributed by atoms with E-state index in [4.69, 9.17) is 14.6 Å². The first-order valence-corrected chi connectivity index (χ1v) is 12.1. The van der Waals surface area contributed by atoms with Gasteiger partial charge >= 0.3 is 0 Å². The second kappa shape index (κ2) is 9.26. The van der Waals surface area contributed by atoms with Crippen LogP contribution in [-0.4, -0.2) is 65.8 Å². The van der Waals surface area contributed by atoms with Crippen molar-refractivity contribution >= 4 is 28.4 Å². The molecule has 0 radical (unpaired) electrons. The fraction of sp³-hybridized carbons (Fsp3) is 0.357. The minimum atomic E-state index is -0.774. The number of hydrazone groups is 1. The van der Waals surface area contributed by atoms with E-state index in [1.165, 1.54) is 0 Å². The van der Waals surface area contributed by atoms with E-state index in [1.54, 1.807) is 25.4 Å². The third kappa shape index (κ3) is 4.06. The molecule has 0 N–H and O–H groups in total. The monoisotopic (exact) mass is 486 g/mol. The molecule has 2 aliphatic heterocycles. The maximum Gasteiger partial charge on any atom is 0.255 e. The van der Waals surface area contributed by atoms with Crippen LogP contribution in [0.5, 0.6) is 11.5 Å². The van der Waals surface area contributed by atoms with Gasteiger partial charge < -0.3 is 14.4 Å². The summed E-state index contributed by atoms with van der Waals surface area (Å²) in [7, 11) is 3.18. The molecule has 36 heavy (non-hydrogen) atoms.